The summed E-state index contributed by atoms with van der Waals surface area (Å²) in [6.45, 7) is 3.66. The number of nitrogens with one attached hydrogen (secondary N) is 1. The number of methoxy groups -OCH3 is 1. The zero-order valence-electron chi connectivity index (χ0n) is 17.8. The van der Waals surface area contributed by atoms with Crippen LogP contribution in [-0.4, -0.2) is 32.3 Å². The van der Waals surface area contributed by atoms with Crippen LogP contribution in [0.4, 0.5) is 5.69 Å². The summed E-state index contributed by atoms with van der Waals surface area (Å²) in [7, 11) is -2.39. The van der Waals surface area contributed by atoms with Crippen LogP contribution in [0.5, 0.6) is 5.75 Å². The maximum atomic E-state index is 13.3. The monoisotopic (exact) mass is 438 g/mol. The SMILES string of the molecule is COc1ccc(S(=O)(=O)N(CC(=O)Nc2cc(C)cc(C)c2)Cc2ccccc2)cc1. The van der Waals surface area contributed by atoms with Crippen molar-refractivity contribution in [3.05, 3.63) is 89.5 Å². The number of sulfonamides is 1. The molecule has 0 aliphatic rings. The molecule has 0 saturated carbocycles. The molecule has 7 heteroatoms. The van der Waals surface area contributed by atoms with E-state index in [1.165, 1.54) is 23.5 Å². The second kappa shape index (κ2) is 9.76. The standard InChI is InChI=1S/C24H26N2O4S/c1-18-13-19(2)15-21(14-18)25-24(27)17-26(16-20-7-5-4-6-8-20)31(28,29)23-11-9-22(30-3)10-12-23/h4-15H,16-17H2,1-3H3,(H,25,27). The summed E-state index contributed by atoms with van der Waals surface area (Å²) in [6, 6.07) is 21.0. The number of aryl methyl sites for hydroxylation is 2. The Morgan fingerprint density at radius 2 is 1.55 bits per heavy atom. The van der Waals surface area contributed by atoms with Crippen LogP contribution in [0.1, 0.15) is 16.7 Å². The van der Waals surface area contributed by atoms with E-state index in [9.17, 15) is 13.2 Å². The van der Waals surface area contributed by atoms with Crippen LogP contribution >= 0.6 is 0 Å². The van der Waals surface area contributed by atoms with Gasteiger partial charge in [0.25, 0.3) is 0 Å². The normalized spacial score (nSPS) is 11.4. The summed E-state index contributed by atoms with van der Waals surface area (Å²) in [5, 5.41) is 2.82. The first-order valence-electron chi connectivity index (χ1n) is 9.84. The molecule has 0 radical (unpaired) electrons. The van der Waals surface area contributed by atoms with E-state index in [0.717, 1.165) is 16.7 Å². The number of nitrogens with zero attached hydrogens (tertiary/aromatic N) is 1. The highest BCUT2D eigenvalue weighted by atomic mass is 32.2. The molecular formula is C24H26N2O4S. The van der Waals surface area contributed by atoms with Gasteiger partial charge >= 0.3 is 0 Å². The molecule has 3 aromatic rings. The van der Waals surface area contributed by atoms with Gasteiger partial charge in [0.1, 0.15) is 5.75 Å². The van der Waals surface area contributed by atoms with Crippen LogP contribution in [0.2, 0.25) is 0 Å². The van der Waals surface area contributed by atoms with Crippen molar-refractivity contribution in [3.8, 4) is 5.75 Å². The van der Waals surface area contributed by atoms with Crippen molar-refractivity contribution in [2.75, 3.05) is 19.0 Å². The van der Waals surface area contributed by atoms with Crippen molar-refractivity contribution < 1.29 is 17.9 Å². The van der Waals surface area contributed by atoms with E-state index in [2.05, 4.69) is 5.32 Å². The predicted molar refractivity (Wildman–Crippen MR) is 122 cm³/mol. The van der Waals surface area contributed by atoms with Gasteiger partial charge in [-0.05, 0) is 66.9 Å². The lowest BCUT2D eigenvalue weighted by Gasteiger charge is -2.22. The third-order valence-corrected chi connectivity index (χ3v) is 6.53. The maximum absolute atomic E-state index is 13.3. The van der Waals surface area contributed by atoms with Gasteiger partial charge in [-0.2, -0.15) is 4.31 Å². The van der Waals surface area contributed by atoms with E-state index in [0.29, 0.717) is 11.4 Å². The Bertz CT molecular complexity index is 1120. The molecule has 0 aromatic heterocycles. The Labute approximate surface area is 183 Å². The minimum absolute atomic E-state index is 0.0788. The first kappa shape index (κ1) is 22.5. The Morgan fingerprint density at radius 3 is 2.13 bits per heavy atom. The lowest BCUT2D eigenvalue weighted by molar-refractivity contribution is -0.116. The lowest BCUT2D eigenvalue weighted by atomic mass is 10.1. The Morgan fingerprint density at radius 1 is 0.935 bits per heavy atom. The fourth-order valence-electron chi connectivity index (χ4n) is 3.32. The van der Waals surface area contributed by atoms with Crippen LogP contribution in [0.25, 0.3) is 0 Å². The summed E-state index contributed by atoms with van der Waals surface area (Å²) < 4.78 is 33.0. The molecule has 0 saturated heterocycles. The fraction of sp³-hybridized carbons (Fsp3) is 0.208. The molecular weight excluding hydrogens is 412 g/mol. The number of carbonyl (C=O) groups excluding carboxylic acids is 1. The smallest absolute Gasteiger partial charge is 0.243 e. The quantitative estimate of drug-likeness (QED) is 0.574. The number of carbonyl (C=O) groups is 1. The highest BCUT2D eigenvalue weighted by Crippen LogP contribution is 2.22. The van der Waals surface area contributed by atoms with Gasteiger partial charge in [-0.25, -0.2) is 8.42 Å². The van der Waals surface area contributed by atoms with E-state index in [1.807, 2.05) is 62.4 Å². The Balaban J connectivity index is 1.87. The summed E-state index contributed by atoms with van der Waals surface area (Å²) in [5.41, 5.74) is 3.47. The van der Waals surface area contributed by atoms with Crippen molar-refractivity contribution in [2.45, 2.75) is 25.3 Å². The van der Waals surface area contributed by atoms with E-state index in [4.69, 9.17) is 4.74 Å². The fourth-order valence-corrected chi connectivity index (χ4v) is 4.70. The maximum Gasteiger partial charge on any atom is 0.243 e. The molecule has 0 heterocycles. The summed E-state index contributed by atoms with van der Waals surface area (Å²) in [5.74, 6) is 0.152. The molecule has 0 atom stereocenters. The first-order chi connectivity index (χ1) is 14.8. The minimum Gasteiger partial charge on any atom is -0.497 e. The largest absolute Gasteiger partial charge is 0.497 e. The van der Waals surface area contributed by atoms with Crippen LogP contribution in [0, 0.1) is 13.8 Å². The number of anilines is 1. The van der Waals surface area contributed by atoms with Gasteiger partial charge in [0.2, 0.25) is 15.9 Å². The van der Waals surface area contributed by atoms with Gasteiger partial charge in [0.15, 0.2) is 0 Å². The van der Waals surface area contributed by atoms with E-state index in [-0.39, 0.29) is 18.0 Å². The average Bonchev–Trinajstić information content (AvgIpc) is 2.73. The van der Waals surface area contributed by atoms with Gasteiger partial charge in [-0.15, -0.1) is 0 Å². The topological polar surface area (TPSA) is 75.7 Å². The zero-order valence-corrected chi connectivity index (χ0v) is 18.6. The van der Waals surface area contributed by atoms with Crippen molar-refractivity contribution >= 4 is 21.6 Å². The molecule has 0 aliphatic heterocycles. The number of amides is 1. The first-order valence-corrected chi connectivity index (χ1v) is 11.3. The molecule has 0 unspecified atom stereocenters. The van der Waals surface area contributed by atoms with Gasteiger partial charge in [0, 0.05) is 12.2 Å². The number of hydrogen-bond donors (Lipinski definition) is 1. The molecule has 1 N–H and O–H groups in total. The second-order valence-corrected chi connectivity index (χ2v) is 9.30. The zero-order chi connectivity index (χ0) is 22.4. The van der Waals surface area contributed by atoms with Crippen molar-refractivity contribution in [1.82, 2.24) is 4.31 Å². The summed E-state index contributed by atoms with van der Waals surface area (Å²) in [4.78, 5) is 12.9. The van der Waals surface area contributed by atoms with Crippen LogP contribution in [0.15, 0.2) is 77.7 Å². The Kier molecular flexibility index (Phi) is 7.09. The minimum atomic E-state index is -3.91. The number of ether oxygens (including phenoxy) is 1. The molecule has 3 aromatic carbocycles. The predicted octanol–water partition coefficient (Wildman–Crippen LogP) is 4.14. The molecule has 0 aliphatic carbocycles. The van der Waals surface area contributed by atoms with Crippen molar-refractivity contribution in [1.29, 1.82) is 0 Å². The molecule has 31 heavy (non-hydrogen) atoms. The lowest BCUT2D eigenvalue weighted by Crippen LogP contribution is -2.37. The highest BCUT2D eigenvalue weighted by molar-refractivity contribution is 7.89. The highest BCUT2D eigenvalue weighted by Gasteiger charge is 2.27. The van der Waals surface area contributed by atoms with Gasteiger partial charge in [-0.3, -0.25) is 4.79 Å². The number of benzene rings is 3. The van der Waals surface area contributed by atoms with Crippen molar-refractivity contribution in [2.24, 2.45) is 0 Å². The molecule has 1 amide bonds. The van der Waals surface area contributed by atoms with Gasteiger partial charge in [0.05, 0.1) is 18.6 Å². The van der Waals surface area contributed by atoms with Gasteiger partial charge < -0.3 is 10.1 Å². The third kappa shape index (κ3) is 5.93. The molecule has 6 nitrogen and oxygen atoms in total. The average molecular weight is 439 g/mol. The van der Waals surface area contributed by atoms with Crippen LogP contribution in [-0.2, 0) is 21.4 Å². The van der Waals surface area contributed by atoms with E-state index in [1.54, 1.807) is 12.1 Å². The van der Waals surface area contributed by atoms with Gasteiger partial charge in [-0.1, -0.05) is 36.4 Å². The second-order valence-electron chi connectivity index (χ2n) is 7.36. The molecule has 162 valence electrons. The summed E-state index contributed by atoms with van der Waals surface area (Å²) >= 11 is 0. The molecule has 0 spiro atoms. The van der Waals surface area contributed by atoms with E-state index < -0.39 is 15.9 Å². The molecule has 0 fully saturated rings. The Hall–Kier alpha value is -3.16. The number of rotatable bonds is 8. The number of hydrogen-bond acceptors (Lipinski definition) is 4. The van der Waals surface area contributed by atoms with Crippen molar-refractivity contribution in [3.63, 3.8) is 0 Å². The van der Waals surface area contributed by atoms with Crippen LogP contribution in [0.3, 0.4) is 0 Å². The van der Waals surface area contributed by atoms with E-state index >= 15 is 0 Å². The third-order valence-electron chi connectivity index (χ3n) is 4.72. The van der Waals surface area contributed by atoms with Crippen LogP contribution < -0.4 is 10.1 Å². The summed E-state index contributed by atoms with van der Waals surface area (Å²) in [6.07, 6.45) is 0. The molecule has 0 bridgehead atoms. The molecule has 3 rings (SSSR count).